The van der Waals surface area contributed by atoms with Crippen molar-refractivity contribution in [2.75, 3.05) is 19.0 Å². The van der Waals surface area contributed by atoms with Crippen LogP contribution in [-0.4, -0.2) is 52.0 Å². The molecule has 2 rings (SSSR count). The van der Waals surface area contributed by atoms with Crippen molar-refractivity contribution in [1.82, 2.24) is 10.0 Å². The standard InChI is InChI=1S/C23H29N3O7S/c1-14-7-6-8-15(2)21(14)25-20(27)13-24-22(28)17(4)33-23(29)16(3)26-34(30,31)19-11-9-18(32-5)10-12-19/h6-12,16-17,26H,13H2,1-5H3,(H,24,28)(H,25,27). The number of ether oxygens (including phenoxy) is 2. The average molecular weight is 492 g/mol. The Hall–Kier alpha value is -3.44. The molecule has 184 valence electrons. The molecule has 0 radical (unpaired) electrons. The van der Waals surface area contributed by atoms with E-state index in [0.717, 1.165) is 11.1 Å². The fourth-order valence-electron chi connectivity index (χ4n) is 2.94. The molecule has 0 aromatic heterocycles. The van der Waals surface area contributed by atoms with E-state index in [2.05, 4.69) is 15.4 Å². The fourth-order valence-corrected chi connectivity index (χ4v) is 4.13. The average Bonchev–Trinajstić information content (AvgIpc) is 2.79. The van der Waals surface area contributed by atoms with Gasteiger partial charge >= 0.3 is 5.97 Å². The second-order valence-electron chi connectivity index (χ2n) is 7.63. The Morgan fingerprint density at radius 1 is 0.971 bits per heavy atom. The number of hydrogen-bond acceptors (Lipinski definition) is 7. The Morgan fingerprint density at radius 2 is 1.56 bits per heavy atom. The van der Waals surface area contributed by atoms with Gasteiger partial charge in [-0.2, -0.15) is 4.72 Å². The topological polar surface area (TPSA) is 140 Å². The number of sulfonamides is 1. The largest absolute Gasteiger partial charge is 0.497 e. The highest BCUT2D eigenvalue weighted by Crippen LogP contribution is 2.19. The minimum atomic E-state index is -4.00. The van der Waals surface area contributed by atoms with Gasteiger partial charge in [-0.25, -0.2) is 8.42 Å². The van der Waals surface area contributed by atoms with E-state index in [1.54, 1.807) is 0 Å². The van der Waals surface area contributed by atoms with Gasteiger partial charge < -0.3 is 20.1 Å². The van der Waals surface area contributed by atoms with Crippen LogP contribution in [0.2, 0.25) is 0 Å². The van der Waals surface area contributed by atoms with Crippen molar-refractivity contribution >= 4 is 33.5 Å². The third kappa shape index (κ3) is 7.29. The molecule has 2 unspecified atom stereocenters. The van der Waals surface area contributed by atoms with E-state index < -0.39 is 40.0 Å². The lowest BCUT2D eigenvalue weighted by Crippen LogP contribution is -2.44. The van der Waals surface area contributed by atoms with E-state index >= 15 is 0 Å². The van der Waals surface area contributed by atoms with Crippen LogP contribution < -0.4 is 20.1 Å². The minimum Gasteiger partial charge on any atom is -0.497 e. The lowest BCUT2D eigenvalue weighted by Gasteiger charge is -2.18. The van der Waals surface area contributed by atoms with Gasteiger partial charge in [0, 0.05) is 5.69 Å². The van der Waals surface area contributed by atoms with E-state index in [9.17, 15) is 22.8 Å². The molecular formula is C23H29N3O7S. The Labute approximate surface area is 199 Å². The number of carbonyl (C=O) groups is 3. The van der Waals surface area contributed by atoms with Crippen molar-refractivity contribution in [3.05, 3.63) is 53.6 Å². The number of esters is 1. The van der Waals surface area contributed by atoms with E-state index in [1.807, 2.05) is 32.0 Å². The van der Waals surface area contributed by atoms with Gasteiger partial charge in [-0.05, 0) is 63.1 Å². The monoisotopic (exact) mass is 491 g/mol. The summed E-state index contributed by atoms with van der Waals surface area (Å²) in [5.41, 5.74) is 2.43. The third-order valence-electron chi connectivity index (χ3n) is 4.89. The number of methoxy groups -OCH3 is 1. The maximum Gasteiger partial charge on any atom is 0.324 e. The van der Waals surface area contributed by atoms with E-state index in [0.29, 0.717) is 11.4 Å². The third-order valence-corrected chi connectivity index (χ3v) is 6.44. The van der Waals surface area contributed by atoms with Gasteiger partial charge in [0.1, 0.15) is 11.8 Å². The molecule has 10 nitrogen and oxygen atoms in total. The number of carbonyl (C=O) groups excluding carboxylic acids is 3. The molecule has 3 N–H and O–H groups in total. The van der Waals surface area contributed by atoms with Crippen molar-refractivity contribution in [2.45, 2.75) is 44.7 Å². The highest BCUT2D eigenvalue weighted by Gasteiger charge is 2.26. The minimum absolute atomic E-state index is 0.0614. The van der Waals surface area contributed by atoms with Crippen LogP contribution in [0.15, 0.2) is 47.4 Å². The van der Waals surface area contributed by atoms with Gasteiger partial charge in [0.05, 0.1) is 18.6 Å². The van der Waals surface area contributed by atoms with Crippen LogP contribution >= 0.6 is 0 Å². The van der Waals surface area contributed by atoms with E-state index in [-0.39, 0.29) is 11.4 Å². The Bertz CT molecular complexity index is 1130. The predicted octanol–water partition coefficient (Wildman–Crippen LogP) is 1.67. The molecule has 0 aliphatic heterocycles. The first-order valence-electron chi connectivity index (χ1n) is 10.4. The van der Waals surface area contributed by atoms with Crippen molar-refractivity contribution in [1.29, 1.82) is 0 Å². The van der Waals surface area contributed by atoms with Crippen LogP contribution in [0.4, 0.5) is 5.69 Å². The summed E-state index contributed by atoms with van der Waals surface area (Å²) in [7, 11) is -2.55. The number of para-hydroxylation sites is 1. The molecule has 2 amide bonds. The van der Waals surface area contributed by atoms with Gasteiger partial charge in [0.2, 0.25) is 15.9 Å². The lowest BCUT2D eigenvalue weighted by molar-refractivity contribution is -0.156. The summed E-state index contributed by atoms with van der Waals surface area (Å²) in [5, 5.41) is 5.13. The van der Waals surface area contributed by atoms with Gasteiger partial charge in [-0.1, -0.05) is 18.2 Å². The first-order valence-corrected chi connectivity index (χ1v) is 11.9. The second kappa shape index (κ2) is 11.6. The van der Waals surface area contributed by atoms with Gasteiger partial charge in [0.25, 0.3) is 5.91 Å². The zero-order valence-electron chi connectivity index (χ0n) is 19.7. The quantitative estimate of drug-likeness (QED) is 0.430. The molecule has 2 aromatic rings. The zero-order chi connectivity index (χ0) is 25.5. The van der Waals surface area contributed by atoms with Crippen molar-refractivity contribution in [2.24, 2.45) is 0 Å². The molecule has 0 bridgehead atoms. The number of amides is 2. The predicted molar refractivity (Wildman–Crippen MR) is 126 cm³/mol. The van der Waals surface area contributed by atoms with Crippen LogP contribution in [0.25, 0.3) is 0 Å². The summed E-state index contributed by atoms with van der Waals surface area (Å²) >= 11 is 0. The number of anilines is 1. The molecule has 34 heavy (non-hydrogen) atoms. The van der Waals surface area contributed by atoms with Gasteiger partial charge in [-0.15, -0.1) is 0 Å². The van der Waals surface area contributed by atoms with Crippen LogP contribution in [0.1, 0.15) is 25.0 Å². The van der Waals surface area contributed by atoms with Crippen LogP contribution in [0, 0.1) is 13.8 Å². The maximum absolute atomic E-state index is 12.5. The highest BCUT2D eigenvalue weighted by atomic mass is 32.2. The number of aryl methyl sites for hydroxylation is 2. The molecule has 0 saturated carbocycles. The fraction of sp³-hybridized carbons (Fsp3) is 0.348. The Balaban J connectivity index is 1.86. The van der Waals surface area contributed by atoms with Crippen molar-refractivity contribution in [3.63, 3.8) is 0 Å². The Kier molecular flexibility index (Phi) is 9.16. The maximum atomic E-state index is 12.5. The Morgan fingerprint density at radius 3 is 2.12 bits per heavy atom. The molecule has 0 spiro atoms. The SMILES string of the molecule is COc1ccc(S(=O)(=O)NC(C)C(=O)OC(C)C(=O)NCC(=O)Nc2c(C)cccc2C)cc1. The molecule has 0 aliphatic carbocycles. The van der Waals surface area contributed by atoms with E-state index in [4.69, 9.17) is 9.47 Å². The molecule has 0 heterocycles. The highest BCUT2D eigenvalue weighted by molar-refractivity contribution is 7.89. The van der Waals surface area contributed by atoms with Crippen LogP contribution in [-0.2, 0) is 29.1 Å². The zero-order valence-corrected chi connectivity index (χ0v) is 20.5. The van der Waals surface area contributed by atoms with Gasteiger partial charge in [-0.3, -0.25) is 14.4 Å². The van der Waals surface area contributed by atoms with Crippen LogP contribution in [0.3, 0.4) is 0 Å². The number of nitrogens with one attached hydrogen (secondary N) is 3. The van der Waals surface area contributed by atoms with Crippen LogP contribution in [0.5, 0.6) is 5.75 Å². The summed E-state index contributed by atoms with van der Waals surface area (Å²) in [6.07, 6.45) is -1.24. The molecule has 0 saturated heterocycles. The lowest BCUT2D eigenvalue weighted by atomic mass is 10.1. The molecule has 0 fully saturated rings. The van der Waals surface area contributed by atoms with Crippen molar-refractivity contribution < 1.29 is 32.3 Å². The molecular weight excluding hydrogens is 462 g/mol. The first kappa shape index (κ1) is 26.8. The molecule has 2 atom stereocenters. The first-order chi connectivity index (χ1) is 15.9. The number of benzene rings is 2. The second-order valence-corrected chi connectivity index (χ2v) is 9.34. The normalized spacial score (nSPS) is 12.9. The molecule has 11 heteroatoms. The number of rotatable bonds is 10. The van der Waals surface area contributed by atoms with Gasteiger partial charge in [0.15, 0.2) is 6.10 Å². The summed E-state index contributed by atoms with van der Waals surface area (Å²) in [4.78, 5) is 36.7. The summed E-state index contributed by atoms with van der Waals surface area (Å²) in [5.74, 6) is -1.60. The molecule has 2 aromatic carbocycles. The summed E-state index contributed by atoms with van der Waals surface area (Å²) < 4.78 is 37.2. The summed E-state index contributed by atoms with van der Waals surface area (Å²) in [6.45, 7) is 6.00. The van der Waals surface area contributed by atoms with E-state index in [1.165, 1.54) is 45.2 Å². The molecule has 0 aliphatic rings. The van der Waals surface area contributed by atoms with Crippen molar-refractivity contribution in [3.8, 4) is 5.75 Å². The summed E-state index contributed by atoms with van der Waals surface area (Å²) in [6, 6.07) is 9.93. The smallest absolute Gasteiger partial charge is 0.324 e. The number of hydrogen-bond donors (Lipinski definition) is 3.